The summed E-state index contributed by atoms with van der Waals surface area (Å²) >= 11 is 0. The molecule has 0 aliphatic carbocycles. The average molecular weight is 451 g/mol. The van der Waals surface area contributed by atoms with Gasteiger partial charge in [-0.1, -0.05) is 42.5 Å². The molecule has 0 atom stereocenters. The maximum Gasteiger partial charge on any atom is 0.256 e. The number of benzene rings is 2. The minimum Gasteiger partial charge on any atom is -0.353 e. The number of carbonyl (C=O) groups excluding carboxylic acids is 3. The van der Waals surface area contributed by atoms with Gasteiger partial charge in [0.15, 0.2) is 0 Å². The predicted molar refractivity (Wildman–Crippen MR) is 122 cm³/mol. The molecular weight excluding hydrogens is 423 g/mol. The summed E-state index contributed by atoms with van der Waals surface area (Å²) in [7, 11) is 0. The molecule has 2 heterocycles. The van der Waals surface area contributed by atoms with E-state index >= 15 is 0 Å². The molecule has 2 aromatic rings. The first-order valence-corrected chi connectivity index (χ1v) is 11.3. The third kappa shape index (κ3) is 5.63. The van der Waals surface area contributed by atoms with Crippen LogP contribution in [0.1, 0.15) is 48.0 Å². The first kappa shape index (κ1) is 22.6. The van der Waals surface area contributed by atoms with Crippen molar-refractivity contribution in [3.63, 3.8) is 0 Å². The molecule has 0 aromatic heterocycles. The minimum absolute atomic E-state index is 0.0632. The molecule has 0 saturated carbocycles. The first-order chi connectivity index (χ1) is 16.0. The Balaban J connectivity index is 1.20. The first-order valence-electron chi connectivity index (χ1n) is 11.3. The van der Waals surface area contributed by atoms with Crippen molar-refractivity contribution in [2.75, 3.05) is 19.6 Å². The number of amides is 3. The summed E-state index contributed by atoms with van der Waals surface area (Å²) in [6.45, 7) is 1.42. The number of piperidine rings is 1. The van der Waals surface area contributed by atoms with Crippen LogP contribution in [0, 0.1) is 5.82 Å². The highest BCUT2D eigenvalue weighted by molar-refractivity contribution is 6.02. The number of hydrazone groups is 1. The molecule has 0 spiro atoms. The van der Waals surface area contributed by atoms with Crippen LogP contribution in [0.4, 0.5) is 4.39 Å². The number of hydrogen-bond acceptors (Lipinski definition) is 4. The quantitative estimate of drug-likeness (QED) is 0.735. The summed E-state index contributed by atoms with van der Waals surface area (Å²) in [5.41, 5.74) is 1.95. The molecule has 0 unspecified atom stereocenters. The van der Waals surface area contributed by atoms with Gasteiger partial charge in [-0.3, -0.25) is 14.4 Å². The number of carbonyl (C=O) groups is 3. The van der Waals surface area contributed by atoms with Crippen molar-refractivity contribution < 1.29 is 18.8 Å². The van der Waals surface area contributed by atoms with E-state index in [-0.39, 0.29) is 42.2 Å². The Morgan fingerprint density at radius 2 is 1.64 bits per heavy atom. The molecular formula is C25H27FN4O3. The zero-order valence-electron chi connectivity index (χ0n) is 18.4. The highest BCUT2D eigenvalue weighted by Gasteiger charge is 2.27. The van der Waals surface area contributed by atoms with E-state index in [1.54, 1.807) is 17.0 Å². The van der Waals surface area contributed by atoms with Crippen LogP contribution in [0.3, 0.4) is 0 Å². The summed E-state index contributed by atoms with van der Waals surface area (Å²) in [5, 5.41) is 8.81. The number of nitrogens with zero attached hydrogens (tertiary/aromatic N) is 3. The van der Waals surface area contributed by atoms with E-state index < -0.39 is 5.82 Å². The molecule has 3 amide bonds. The Labute approximate surface area is 192 Å². The Kier molecular flexibility index (Phi) is 7.12. The molecule has 33 heavy (non-hydrogen) atoms. The summed E-state index contributed by atoms with van der Waals surface area (Å²) in [6.07, 6.45) is 2.08. The van der Waals surface area contributed by atoms with E-state index in [1.165, 1.54) is 17.1 Å². The smallest absolute Gasteiger partial charge is 0.256 e. The van der Waals surface area contributed by atoms with Gasteiger partial charge >= 0.3 is 0 Å². The minimum atomic E-state index is -0.527. The molecule has 7 nitrogen and oxygen atoms in total. The standard InChI is InChI=1S/C25H27FN4O3/c26-21-9-5-4-8-20(21)25(33)29-15-12-19(13-16-29)27-23(31)10-11-24(32)30-17-14-22(28-30)18-6-2-1-3-7-18/h1-9,19H,10-17H2,(H,27,31). The maximum absolute atomic E-state index is 13.9. The molecule has 0 radical (unpaired) electrons. The van der Waals surface area contributed by atoms with E-state index in [0.717, 1.165) is 11.3 Å². The molecule has 2 aliphatic rings. The van der Waals surface area contributed by atoms with E-state index in [9.17, 15) is 18.8 Å². The van der Waals surface area contributed by atoms with Crippen LogP contribution >= 0.6 is 0 Å². The van der Waals surface area contributed by atoms with Crippen LogP contribution in [0.2, 0.25) is 0 Å². The molecule has 0 bridgehead atoms. The molecule has 2 aliphatic heterocycles. The van der Waals surface area contributed by atoms with Gasteiger partial charge in [-0.05, 0) is 30.5 Å². The summed E-state index contributed by atoms with van der Waals surface area (Å²) in [6, 6.07) is 15.6. The lowest BCUT2D eigenvalue weighted by Gasteiger charge is -2.32. The van der Waals surface area contributed by atoms with Crippen LogP contribution in [-0.2, 0) is 9.59 Å². The lowest BCUT2D eigenvalue weighted by Crippen LogP contribution is -2.46. The Bertz CT molecular complexity index is 1050. The van der Waals surface area contributed by atoms with Gasteiger partial charge in [-0.25, -0.2) is 9.40 Å². The number of likely N-dealkylation sites (tertiary alicyclic amines) is 1. The van der Waals surface area contributed by atoms with Gasteiger partial charge in [0.25, 0.3) is 5.91 Å². The largest absolute Gasteiger partial charge is 0.353 e. The molecule has 8 heteroatoms. The van der Waals surface area contributed by atoms with Crippen molar-refractivity contribution in [1.82, 2.24) is 15.2 Å². The van der Waals surface area contributed by atoms with Crippen molar-refractivity contribution in [2.45, 2.75) is 38.1 Å². The number of nitrogens with one attached hydrogen (secondary N) is 1. The fraction of sp³-hybridized carbons (Fsp3) is 0.360. The van der Waals surface area contributed by atoms with Crippen LogP contribution < -0.4 is 5.32 Å². The van der Waals surface area contributed by atoms with Gasteiger partial charge in [0.1, 0.15) is 5.82 Å². The summed E-state index contributed by atoms with van der Waals surface area (Å²) in [5.74, 6) is -1.21. The molecule has 1 saturated heterocycles. The second kappa shape index (κ2) is 10.4. The van der Waals surface area contributed by atoms with Gasteiger partial charge in [-0.15, -0.1) is 0 Å². The van der Waals surface area contributed by atoms with Crippen molar-refractivity contribution in [2.24, 2.45) is 5.10 Å². The number of rotatable bonds is 6. The highest BCUT2D eigenvalue weighted by atomic mass is 19.1. The SMILES string of the molecule is O=C(CCC(=O)N1CCC(c2ccccc2)=N1)NC1CCN(C(=O)c2ccccc2F)CC1. The van der Waals surface area contributed by atoms with Crippen molar-refractivity contribution >= 4 is 23.4 Å². The molecule has 2 aromatic carbocycles. The number of hydrogen-bond donors (Lipinski definition) is 1. The Hall–Kier alpha value is -3.55. The lowest BCUT2D eigenvalue weighted by molar-refractivity contribution is -0.133. The zero-order chi connectivity index (χ0) is 23.2. The van der Waals surface area contributed by atoms with Crippen molar-refractivity contribution in [3.8, 4) is 0 Å². The van der Waals surface area contributed by atoms with Crippen LogP contribution in [0.5, 0.6) is 0 Å². The maximum atomic E-state index is 13.9. The van der Waals surface area contributed by atoms with E-state index in [4.69, 9.17) is 0 Å². The number of halogens is 1. The monoisotopic (exact) mass is 450 g/mol. The third-order valence-corrected chi connectivity index (χ3v) is 6.01. The fourth-order valence-electron chi connectivity index (χ4n) is 4.15. The second-order valence-corrected chi connectivity index (χ2v) is 8.29. The molecule has 1 N–H and O–H groups in total. The Morgan fingerprint density at radius 1 is 0.939 bits per heavy atom. The lowest BCUT2D eigenvalue weighted by atomic mass is 10.0. The summed E-state index contributed by atoms with van der Waals surface area (Å²) in [4.78, 5) is 38.9. The fourth-order valence-corrected chi connectivity index (χ4v) is 4.15. The van der Waals surface area contributed by atoms with Gasteiger partial charge in [0.2, 0.25) is 11.8 Å². The van der Waals surface area contributed by atoms with Crippen LogP contribution in [0.15, 0.2) is 59.7 Å². The van der Waals surface area contributed by atoms with E-state index in [2.05, 4.69) is 10.4 Å². The average Bonchev–Trinajstić information content (AvgIpc) is 3.34. The van der Waals surface area contributed by atoms with E-state index in [1.807, 2.05) is 30.3 Å². The molecule has 172 valence electrons. The molecule has 4 rings (SSSR count). The van der Waals surface area contributed by atoms with Crippen molar-refractivity contribution in [1.29, 1.82) is 0 Å². The van der Waals surface area contributed by atoms with Gasteiger partial charge in [0.05, 0.1) is 17.8 Å². The third-order valence-electron chi connectivity index (χ3n) is 6.01. The zero-order valence-corrected chi connectivity index (χ0v) is 18.4. The van der Waals surface area contributed by atoms with Crippen LogP contribution in [-0.4, -0.2) is 59.0 Å². The predicted octanol–water partition coefficient (Wildman–Crippen LogP) is 2.96. The van der Waals surface area contributed by atoms with Crippen LogP contribution in [0.25, 0.3) is 0 Å². The van der Waals surface area contributed by atoms with Crippen molar-refractivity contribution in [3.05, 3.63) is 71.5 Å². The van der Waals surface area contributed by atoms with Gasteiger partial charge < -0.3 is 10.2 Å². The van der Waals surface area contributed by atoms with Gasteiger partial charge in [-0.2, -0.15) is 5.10 Å². The Morgan fingerprint density at radius 3 is 2.36 bits per heavy atom. The normalized spacial score (nSPS) is 16.5. The second-order valence-electron chi connectivity index (χ2n) is 8.29. The molecule has 1 fully saturated rings. The van der Waals surface area contributed by atoms with Gasteiger partial charge in [0, 0.05) is 38.4 Å². The summed E-state index contributed by atoms with van der Waals surface area (Å²) < 4.78 is 13.9. The van der Waals surface area contributed by atoms with E-state index in [0.29, 0.717) is 38.9 Å². The highest BCUT2D eigenvalue weighted by Crippen LogP contribution is 2.17. The topological polar surface area (TPSA) is 82.1 Å².